The Kier molecular flexibility index (Phi) is 6.61. The van der Waals surface area contributed by atoms with E-state index in [9.17, 15) is 18.0 Å². The smallest absolute Gasteiger partial charge is 0.338 e. The van der Waals surface area contributed by atoms with Crippen LogP contribution in [0.3, 0.4) is 0 Å². The number of aryl methyl sites for hydroxylation is 3. The van der Waals surface area contributed by atoms with E-state index in [0.29, 0.717) is 11.3 Å². The third-order valence-electron chi connectivity index (χ3n) is 4.17. The molecular weight excluding hydrogens is 378 g/mol. The molecule has 1 unspecified atom stereocenters. The number of nitrogens with one attached hydrogen (secondary N) is 1. The van der Waals surface area contributed by atoms with E-state index in [2.05, 4.69) is 5.32 Å². The molecule has 150 valence electrons. The minimum absolute atomic E-state index is 0.170. The van der Waals surface area contributed by atoms with Gasteiger partial charge >= 0.3 is 5.97 Å². The number of amides is 1. The predicted molar refractivity (Wildman–Crippen MR) is 109 cm³/mol. The zero-order valence-corrected chi connectivity index (χ0v) is 17.5. The molecule has 0 aromatic heterocycles. The highest BCUT2D eigenvalue weighted by atomic mass is 32.2. The summed E-state index contributed by atoms with van der Waals surface area (Å²) in [7, 11) is -3.22. The van der Waals surface area contributed by atoms with E-state index in [-0.39, 0.29) is 11.3 Å². The molecule has 1 N–H and O–H groups in total. The van der Waals surface area contributed by atoms with E-state index in [1.165, 1.54) is 19.1 Å². The van der Waals surface area contributed by atoms with Crippen molar-refractivity contribution in [3.8, 4) is 0 Å². The Morgan fingerprint density at radius 2 is 1.68 bits per heavy atom. The minimum Gasteiger partial charge on any atom is -0.449 e. The van der Waals surface area contributed by atoms with Gasteiger partial charge in [-0.15, -0.1) is 0 Å². The van der Waals surface area contributed by atoms with Crippen molar-refractivity contribution < 1.29 is 22.7 Å². The Labute approximate surface area is 165 Å². The Morgan fingerprint density at radius 3 is 2.25 bits per heavy atom. The number of ether oxygens (including phenoxy) is 1. The molecule has 0 aliphatic carbocycles. The van der Waals surface area contributed by atoms with Crippen LogP contribution in [0.1, 0.15) is 39.5 Å². The molecule has 2 aromatic rings. The lowest BCUT2D eigenvalue weighted by Crippen LogP contribution is -2.30. The molecule has 0 bridgehead atoms. The predicted octanol–water partition coefficient (Wildman–Crippen LogP) is 3.34. The molecule has 0 radical (unpaired) electrons. The fraction of sp³-hybridized carbons (Fsp3) is 0.333. The molecule has 7 heteroatoms. The van der Waals surface area contributed by atoms with Gasteiger partial charge in [0.05, 0.1) is 11.3 Å². The number of esters is 1. The third-order valence-corrected chi connectivity index (χ3v) is 5.03. The van der Waals surface area contributed by atoms with Gasteiger partial charge in [-0.25, -0.2) is 13.2 Å². The first-order chi connectivity index (χ1) is 13.0. The van der Waals surface area contributed by atoms with Gasteiger partial charge in [0, 0.05) is 11.9 Å². The number of anilines is 1. The first kappa shape index (κ1) is 21.6. The second-order valence-electron chi connectivity index (χ2n) is 7.08. The van der Waals surface area contributed by atoms with E-state index in [1.54, 1.807) is 12.1 Å². The van der Waals surface area contributed by atoms with Crippen molar-refractivity contribution in [3.05, 3.63) is 64.2 Å². The van der Waals surface area contributed by atoms with Gasteiger partial charge in [-0.3, -0.25) is 4.79 Å². The maximum Gasteiger partial charge on any atom is 0.338 e. The molecule has 2 aromatic carbocycles. The van der Waals surface area contributed by atoms with Gasteiger partial charge in [0.15, 0.2) is 15.9 Å². The molecule has 0 saturated heterocycles. The van der Waals surface area contributed by atoms with E-state index >= 15 is 0 Å². The topological polar surface area (TPSA) is 89.5 Å². The molecule has 0 saturated carbocycles. The third kappa shape index (κ3) is 5.92. The first-order valence-corrected chi connectivity index (χ1v) is 10.9. The van der Waals surface area contributed by atoms with Crippen LogP contribution in [0.15, 0.2) is 36.4 Å². The highest BCUT2D eigenvalue weighted by Gasteiger charge is 2.20. The largest absolute Gasteiger partial charge is 0.449 e. The number of rotatable bonds is 6. The van der Waals surface area contributed by atoms with Crippen LogP contribution < -0.4 is 5.32 Å². The molecule has 0 aliphatic rings. The SMILES string of the molecule is Cc1cc(C)c(NC(=O)C(C)OC(=O)c2cccc(CS(C)(=O)=O)c2)c(C)c1. The Bertz CT molecular complexity index is 988. The minimum atomic E-state index is -3.22. The molecule has 0 heterocycles. The lowest BCUT2D eigenvalue weighted by atomic mass is 10.0. The van der Waals surface area contributed by atoms with Crippen LogP contribution in [0.4, 0.5) is 5.69 Å². The summed E-state index contributed by atoms with van der Waals surface area (Å²) in [6, 6.07) is 10.1. The summed E-state index contributed by atoms with van der Waals surface area (Å²) < 4.78 is 28.1. The van der Waals surface area contributed by atoms with Crippen LogP contribution in [-0.2, 0) is 25.1 Å². The summed E-state index contributed by atoms with van der Waals surface area (Å²) in [5.74, 6) is -1.29. The summed E-state index contributed by atoms with van der Waals surface area (Å²) in [6.45, 7) is 7.28. The second-order valence-corrected chi connectivity index (χ2v) is 9.22. The molecular formula is C21H25NO5S. The molecule has 0 spiro atoms. The molecule has 28 heavy (non-hydrogen) atoms. The van der Waals surface area contributed by atoms with Gasteiger partial charge in [-0.05, 0) is 56.5 Å². The van der Waals surface area contributed by atoms with Crippen molar-refractivity contribution >= 4 is 27.4 Å². The Morgan fingerprint density at radius 1 is 1.07 bits per heavy atom. The highest BCUT2D eigenvalue weighted by molar-refractivity contribution is 7.89. The lowest BCUT2D eigenvalue weighted by Gasteiger charge is -2.17. The summed E-state index contributed by atoms with van der Waals surface area (Å²) in [5.41, 5.74) is 4.34. The number of carbonyl (C=O) groups is 2. The molecule has 1 atom stereocenters. The normalized spacial score (nSPS) is 12.3. The van der Waals surface area contributed by atoms with Crippen molar-refractivity contribution in [2.45, 2.75) is 39.6 Å². The molecule has 0 fully saturated rings. The van der Waals surface area contributed by atoms with Crippen molar-refractivity contribution in [2.75, 3.05) is 11.6 Å². The van der Waals surface area contributed by atoms with Gasteiger partial charge in [-0.2, -0.15) is 0 Å². The monoisotopic (exact) mass is 403 g/mol. The van der Waals surface area contributed by atoms with Gasteiger partial charge in [-0.1, -0.05) is 29.8 Å². The summed E-state index contributed by atoms with van der Waals surface area (Å²) in [4.78, 5) is 24.8. The van der Waals surface area contributed by atoms with E-state index in [4.69, 9.17) is 4.74 Å². The number of benzene rings is 2. The number of sulfone groups is 1. The van der Waals surface area contributed by atoms with Crippen LogP contribution in [0.2, 0.25) is 0 Å². The maximum atomic E-state index is 12.5. The molecule has 0 aliphatic heterocycles. The van der Waals surface area contributed by atoms with Crippen LogP contribution >= 0.6 is 0 Å². The van der Waals surface area contributed by atoms with Crippen molar-refractivity contribution in [1.29, 1.82) is 0 Å². The Balaban J connectivity index is 2.08. The van der Waals surface area contributed by atoms with Gasteiger partial charge in [0.2, 0.25) is 0 Å². The van der Waals surface area contributed by atoms with Crippen LogP contribution in [0.5, 0.6) is 0 Å². The highest BCUT2D eigenvalue weighted by Crippen LogP contribution is 2.22. The zero-order chi connectivity index (χ0) is 21.1. The van der Waals surface area contributed by atoms with Gasteiger partial charge < -0.3 is 10.1 Å². The lowest BCUT2D eigenvalue weighted by molar-refractivity contribution is -0.123. The fourth-order valence-electron chi connectivity index (χ4n) is 2.97. The van der Waals surface area contributed by atoms with Crippen molar-refractivity contribution in [1.82, 2.24) is 0 Å². The molecule has 1 amide bonds. The zero-order valence-electron chi connectivity index (χ0n) is 16.7. The van der Waals surface area contributed by atoms with Crippen LogP contribution in [0, 0.1) is 20.8 Å². The molecule has 6 nitrogen and oxygen atoms in total. The quantitative estimate of drug-likeness (QED) is 0.747. The van der Waals surface area contributed by atoms with Gasteiger partial charge in [0.25, 0.3) is 5.91 Å². The first-order valence-electron chi connectivity index (χ1n) is 8.82. The number of carbonyl (C=O) groups excluding carboxylic acids is 2. The fourth-order valence-corrected chi connectivity index (χ4v) is 3.76. The van der Waals surface area contributed by atoms with Crippen molar-refractivity contribution in [3.63, 3.8) is 0 Å². The van der Waals surface area contributed by atoms with E-state index < -0.39 is 27.8 Å². The number of hydrogen-bond acceptors (Lipinski definition) is 5. The molecule has 2 rings (SSSR count). The van der Waals surface area contributed by atoms with Crippen LogP contribution in [0.25, 0.3) is 0 Å². The standard InChI is InChI=1S/C21H25NO5S/c1-13-9-14(2)19(15(3)10-13)22-20(23)16(4)27-21(24)18-8-6-7-17(11-18)12-28(5,25)26/h6-11,16H,12H2,1-5H3,(H,22,23). The Hall–Kier alpha value is -2.67. The summed E-state index contributed by atoms with van der Waals surface area (Å²) in [5, 5.41) is 2.81. The van der Waals surface area contributed by atoms with E-state index in [1.807, 2.05) is 32.9 Å². The summed E-state index contributed by atoms with van der Waals surface area (Å²) in [6.07, 6.45) is 0.116. The van der Waals surface area contributed by atoms with Crippen LogP contribution in [-0.4, -0.2) is 32.7 Å². The van der Waals surface area contributed by atoms with Crippen molar-refractivity contribution in [2.24, 2.45) is 0 Å². The average molecular weight is 404 g/mol. The average Bonchev–Trinajstić information content (AvgIpc) is 2.56. The summed E-state index contributed by atoms with van der Waals surface area (Å²) >= 11 is 0. The van der Waals surface area contributed by atoms with Gasteiger partial charge in [0.1, 0.15) is 0 Å². The van der Waals surface area contributed by atoms with E-state index in [0.717, 1.165) is 22.9 Å². The second kappa shape index (κ2) is 8.56. The maximum absolute atomic E-state index is 12.5. The number of hydrogen-bond donors (Lipinski definition) is 1.